The van der Waals surface area contributed by atoms with Crippen LogP contribution in [0.2, 0.25) is 0 Å². The Bertz CT molecular complexity index is 450. The Kier molecular flexibility index (Phi) is 3.43. The summed E-state index contributed by atoms with van der Waals surface area (Å²) in [5.41, 5.74) is 5.89. The normalized spacial score (nSPS) is 23.2. The van der Waals surface area contributed by atoms with Crippen molar-refractivity contribution in [2.24, 2.45) is 5.73 Å². The van der Waals surface area contributed by atoms with E-state index < -0.39 is 5.54 Å². The molecule has 1 fully saturated rings. The van der Waals surface area contributed by atoms with Gasteiger partial charge in [0.2, 0.25) is 0 Å². The summed E-state index contributed by atoms with van der Waals surface area (Å²) in [5, 5.41) is 9.75. The van der Waals surface area contributed by atoms with Crippen molar-refractivity contribution < 1.29 is 14.6 Å². The average molecular weight is 250 g/mol. The minimum absolute atomic E-state index is 0.187. The molecule has 1 heterocycles. The lowest BCUT2D eigenvalue weighted by Gasteiger charge is -2.31. The van der Waals surface area contributed by atoms with Gasteiger partial charge in [0, 0.05) is 5.56 Å². The predicted octanol–water partition coefficient (Wildman–Crippen LogP) is 1.45. The second kappa shape index (κ2) is 4.86. The molecular weight excluding hydrogens is 232 g/mol. The maximum Gasteiger partial charge on any atom is 0.410 e. The second-order valence-corrected chi connectivity index (χ2v) is 4.81. The molecule has 1 aromatic carbocycles. The minimum Gasteiger partial charge on any atom is -0.508 e. The molecular formula is C13H18N2O3. The van der Waals surface area contributed by atoms with Gasteiger partial charge in [-0.25, -0.2) is 4.79 Å². The molecule has 1 aliphatic rings. The molecule has 1 unspecified atom stereocenters. The van der Waals surface area contributed by atoms with E-state index in [0.717, 1.165) is 0 Å². The van der Waals surface area contributed by atoms with E-state index in [1.807, 2.05) is 13.0 Å². The first-order valence-corrected chi connectivity index (χ1v) is 5.98. The molecule has 1 aromatic rings. The van der Waals surface area contributed by atoms with E-state index in [2.05, 4.69) is 0 Å². The summed E-state index contributed by atoms with van der Waals surface area (Å²) in [6.45, 7) is 3.12. The van der Waals surface area contributed by atoms with Gasteiger partial charge < -0.3 is 15.6 Å². The fraction of sp³-hybridized carbons (Fsp3) is 0.462. The largest absolute Gasteiger partial charge is 0.508 e. The lowest BCUT2D eigenvalue weighted by molar-refractivity contribution is 0.147. The number of phenolic OH excluding ortho intramolecular Hbond substituents is 1. The molecule has 0 spiro atoms. The number of rotatable bonds is 4. The van der Waals surface area contributed by atoms with Crippen LogP contribution in [0.15, 0.2) is 24.3 Å². The molecule has 1 aliphatic heterocycles. The zero-order valence-electron chi connectivity index (χ0n) is 10.4. The monoisotopic (exact) mass is 250 g/mol. The van der Waals surface area contributed by atoms with Gasteiger partial charge in [0.15, 0.2) is 0 Å². The molecule has 0 saturated carbocycles. The van der Waals surface area contributed by atoms with Crippen LogP contribution in [-0.2, 0) is 11.3 Å². The molecule has 1 amide bonds. The highest BCUT2D eigenvalue weighted by Crippen LogP contribution is 2.30. The molecule has 2 rings (SSSR count). The molecule has 98 valence electrons. The third-order valence-corrected chi connectivity index (χ3v) is 3.38. The second-order valence-electron chi connectivity index (χ2n) is 4.81. The molecule has 0 aliphatic carbocycles. The fourth-order valence-electron chi connectivity index (χ4n) is 2.18. The van der Waals surface area contributed by atoms with Crippen LogP contribution in [0.5, 0.6) is 5.75 Å². The first-order chi connectivity index (χ1) is 8.57. The van der Waals surface area contributed by atoms with E-state index in [0.29, 0.717) is 31.7 Å². The van der Waals surface area contributed by atoms with Crippen molar-refractivity contribution in [3.05, 3.63) is 29.8 Å². The molecule has 1 saturated heterocycles. The van der Waals surface area contributed by atoms with Gasteiger partial charge in [0.1, 0.15) is 12.4 Å². The summed E-state index contributed by atoms with van der Waals surface area (Å²) in [6.07, 6.45) is 0.320. The minimum atomic E-state index is -0.395. The van der Waals surface area contributed by atoms with Crippen molar-refractivity contribution in [3.63, 3.8) is 0 Å². The molecule has 18 heavy (non-hydrogen) atoms. The smallest absolute Gasteiger partial charge is 0.410 e. The highest BCUT2D eigenvalue weighted by atomic mass is 16.6. The SMILES string of the molecule is CC1(CCN)COC(=O)N1Cc1ccccc1O. The molecule has 5 heteroatoms. The quantitative estimate of drug-likeness (QED) is 0.848. The number of nitrogens with zero attached hydrogens (tertiary/aromatic N) is 1. The first kappa shape index (κ1) is 12.7. The summed E-state index contributed by atoms with van der Waals surface area (Å²) in [5.74, 6) is 0.187. The zero-order valence-corrected chi connectivity index (χ0v) is 10.4. The Morgan fingerprint density at radius 2 is 2.22 bits per heavy atom. The molecule has 0 aromatic heterocycles. The number of ether oxygens (including phenoxy) is 1. The lowest BCUT2D eigenvalue weighted by atomic mass is 9.97. The topological polar surface area (TPSA) is 75.8 Å². The average Bonchev–Trinajstić information content (AvgIpc) is 2.61. The van der Waals surface area contributed by atoms with Crippen molar-refractivity contribution >= 4 is 6.09 Å². The number of phenols is 1. The number of amides is 1. The third-order valence-electron chi connectivity index (χ3n) is 3.38. The van der Waals surface area contributed by atoms with Gasteiger partial charge in [-0.15, -0.1) is 0 Å². The van der Waals surface area contributed by atoms with Gasteiger partial charge in [-0.2, -0.15) is 0 Å². The summed E-state index contributed by atoms with van der Waals surface area (Å²) >= 11 is 0. The van der Waals surface area contributed by atoms with Crippen LogP contribution < -0.4 is 5.73 Å². The predicted molar refractivity (Wildman–Crippen MR) is 67.1 cm³/mol. The highest BCUT2D eigenvalue weighted by molar-refractivity contribution is 5.71. The fourth-order valence-corrected chi connectivity index (χ4v) is 2.18. The van der Waals surface area contributed by atoms with E-state index in [4.69, 9.17) is 10.5 Å². The Hall–Kier alpha value is -1.75. The van der Waals surface area contributed by atoms with E-state index in [-0.39, 0.29) is 11.8 Å². The van der Waals surface area contributed by atoms with Crippen molar-refractivity contribution in [3.8, 4) is 5.75 Å². The van der Waals surface area contributed by atoms with Gasteiger partial charge in [-0.05, 0) is 26.0 Å². The number of para-hydroxylation sites is 1. The van der Waals surface area contributed by atoms with Gasteiger partial charge in [0.05, 0.1) is 12.1 Å². The van der Waals surface area contributed by atoms with Crippen LogP contribution in [0, 0.1) is 0 Å². The van der Waals surface area contributed by atoms with Crippen molar-refractivity contribution in [2.45, 2.75) is 25.4 Å². The number of aromatic hydroxyl groups is 1. The number of nitrogens with two attached hydrogens (primary N) is 1. The van der Waals surface area contributed by atoms with E-state index >= 15 is 0 Å². The molecule has 1 atom stereocenters. The van der Waals surface area contributed by atoms with Crippen molar-refractivity contribution in [1.82, 2.24) is 4.90 Å². The number of benzene rings is 1. The highest BCUT2D eigenvalue weighted by Gasteiger charge is 2.43. The number of hydrogen-bond donors (Lipinski definition) is 2. The van der Waals surface area contributed by atoms with Crippen LogP contribution in [0.4, 0.5) is 4.79 Å². The summed E-state index contributed by atoms with van der Waals surface area (Å²) in [6, 6.07) is 6.98. The Balaban J connectivity index is 2.21. The van der Waals surface area contributed by atoms with Crippen LogP contribution >= 0.6 is 0 Å². The van der Waals surface area contributed by atoms with Gasteiger partial charge in [0.25, 0.3) is 0 Å². The summed E-state index contributed by atoms with van der Waals surface area (Å²) in [4.78, 5) is 13.4. The number of carbonyl (C=O) groups is 1. The standard InChI is InChI=1S/C13H18N2O3/c1-13(6-7-14)9-18-12(17)15(13)8-10-4-2-3-5-11(10)16/h2-5,16H,6-9,14H2,1H3. The molecule has 0 radical (unpaired) electrons. The van der Waals surface area contributed by atoms with Gasteiger partial charge in [-0.3, -0.25) is 4.90 Å². The van der Waals surface area contributed by atoms with E-state index in [9.17, 15) is 9.90 Å². The Morgan fingerprint density at radius 3 is 2.89 bits per heavy atom. The van der Waals surface area contributed by atoms with Crippen LogP contribution in [-0.4, -0.2) is 34.8 Å². The summed E-state index contributed by atoms with van der Waals surface area (Å²) in [7, 11) is 0. The van der Waals surface area contributed by atoms with E-state index in [1.165, 1.54) is 0 Å². The summed E-state index contributed by atoms with van der Waals surface area (Å²) < 4.78 is 5.10. The van der Waals surface area contributed by atoms with Gasteiger partial charge >= 0.3 is 6.09 Å². The number of hydrogen-bond acceptors (Lipinski definition) is 4. The van der Waals surface area contributed by atoms with E-state index in [1.54, 1.807) is 23.1 Å². The molecule has 3 N–H and O–H groups in total. The first-order valence-electron chi connectivity index (χ1n) is 5.98. The number of carbonyl (C=O) groups excluding carboxylic acids is 1. The number of cyclic esters (lactones) is 1. The third kappa shape index (κ3) is 2.26. The van der Waals surface area contributed by atoms with Crippen molar-refractivity contribution in [1.29, 1.82) is 0 Å². The lowest BCUT2D eigenvalue weighted by Crippen LogP contribution is -2.45. The Labute approximate surface area is 106 Å². The maximum absolute atomic E-state index is 11.8. The van der Waals surface area contributed by atoms with Gasteiger partial charge in [-0.1, -0.05) is 18.2 Å². The van der Waals surface area contributed by atoms with Crippen molar-refractivity contribution in [2.75, 3.05) is 13.2 Å². The van der Waals surface area contributed by atoms with Crippen LogP contribution in [0.1, 0.15) is 18.9 Å². The van der Waals surface area contributed by atoms with Crippen LogP contribution in [0.25, 0.3) is 0 Å². The molecule has 5 nitrogen and oxygen atoms in total. The van der Waals surface area contributed by atoms with Crippen LogP contribution in [0.3, 0.4) is 0 Å². The maximum atomic E-state index is 11.8. The Morgan fingerprint density at radius 1 is 1.50 bits per heavy atom. The zero-order chi connectivity index (χ0) is 13.2. The molecule has 0 bridgehead atoms.